The Bertz CT molecular complexity index is 779. The number of para-hydroxylation sites is 1. The number of nitrogens with zero attached hydrogens (tertiary/aromatic N) is 1. The molecule has 1 aromatic carbocycles. The molecule has 0 saturated carbocycles. The average Bonchev–Trinajstić information content (AvgIpc) is 2.39. The summed E-state index contributed by atoms with van der Waals surface area (Å²) in [6, 6.07) is 9.33. The third-order valence-corrected chi connectivity index (χ3v) is 4.22. The Hall–Kier alpha value is -1.66. The van der Waals surface area contributed by atoms with E-state index in [4.69, 9.17) is 5.73 Å². The van der Waals surface area contributed by atoms with Crippen molar-refractivity contribution in [3.63, 3.8) is 0 Å². The summed E-state index contributed by atoms with van der Waals surface area (Å²) in [5.41, 5.74) is 6.81. The van der Waals surface area contributed by atoms with Gasteiger partial charge in [0.25, 0.3) is 5.56 Å². The quantitative estimate of drug-likeness (QED) is 0.888. The molecule has 0 unspecified atom stereocenters. The first-order valence-corrected chi connectivity index (χ1v) is 8.47. The topological polar surface area (TPSA) is 82.2 Å². The number of benzene rings is 1. The van der Waals surface area contributed by atoms with E-state index < -0.39 is 9.84 Å². The van der Waals surface area contributed by atoms with Crippen LogP contribution in [0.1, 0.15) is 12.0 Å². The SMILES string of the molecule is CS(=O)(=O)CCCn1c(=O)c(CN)cc2ccccc21. The molecule has 0 fully saturated rings. The Labute approximate surface area is 117 Å². The standard InChI is InChI=1S/C14H18N2O3S/c1-20(18,19)8-4-7-16-13-6-3-2-5-11(13)9-12(10-15)14(16)17/h2-3,5-6,9H,4,7-8,10,15H2,1H3. The normalized spacial score (nSPS) is 11.9. The van der Waals surface area contributed by atoms with Crippen molar-refractivity contribution < 1.29 is 8.42 Å². The molecule has 0 radical (unpaired) electrons. The Balaban J connectivity index is 2.44. The van der Waals surface area contributed by atoms with E-state index in [1.165, 1.54) is 6.26 Å². The third-order valence-electron chi connectivity index (χ3n) is 3.19. The van der Waals surface area contributed by atoms with Gasteiger partial charge < -0.3 is 10.3 Å². The van der Waals surface area contributed by atoms with Crippen LogP contribution in [0.5, 0.6) is 0 Å². The zero-order valence-electron chi connectivity index (χ0n) is 11.4. The van der Waals surface area contributed by atoms with E-state index in [1.807, 2.05) is 24.3 Å². The smallest absolute Gasteiger partial charge is 0.255 e. The number of aryl methyl sites for hydroxylation is 1. The lowest BCUT2D eigenvalue weighted by Crippen LogP contribution is -2.26. The van der Waals surface area contributed by atoms with Crippen molar-refractivity contribution in [2.75, 3.05) is 12.0 Å². The predicted octanol–water partition coefficient (Wildman–Crippen LogP) is 0.895. The maximum absolute atomic E-state index is 12.3. The summed E-state index contributed by atoms with van der Waals surface area (Å²) < 4.78 is 24.0. The van der Waals surface area contributed by atoms with Gasteiger partial charge in [-0.2, -0.15) is 0 Å². The number of hydrogen-bond donors (Lipinski definition) is 1. The maximum Gasteiger partial charge on any atom is 0.255 e. The molecule has 2 rings (SSSR count). The summed E-state index contributed by atoms with van der Waals surface area (Å²) in [4.78, 5) is 12.3. The van der Waals surface area contributed by atoms with Crippen LogP contribution in [0.2, 0.25) is 0 Å². The highest BCUT2D eigenvalue weighted by Gasteiger charge is 2.09. The van der Waals surface area contributed by atoms with Crippen molar-refractivity contribution in [2.45, 2.75) is 19.5 Å². The van der Waals surface area contributed by atoms with Gasteiger partial charge in [-0.3, -0.25) is 4.79 Å². The fourth-order valence-corrected chi connectivity index (χ4v) is 2.89. The van der Waals surface area contributed by atoms with E-state index in [0.29, 0.717) is 18.5 Å². The minimum absolute atomic E-state index is 0.0701. The fourth-order valence-electron chi connectivity index (χ4n) is 2.24. The second-order valence-corrected chi connectivity index (χ2v) is 7.13. The van der Waals surface area contributed by atoms with Gasteiger partial charge in [0.05, 0.1) is 11.3 Å². The van der Waals surface area contributed by atoms with Crippen molar-refractivity contribution in [2.24, 2.45) is 5.73 Å². The molecule has 0 bridgehead atoms. The number of hydrogen-bond acceptors (Lipinski definition) is 4. The molecule has 0 aliphatic carbocycles. The van der Waals surface area contributed by atoms with Gasteiger partial charge in [-0.1, -0.05) is 18.2 Å². The van der Waals surface area contributed by atoms with Gasteiger partial charge in [-0.25, -0.2) is 8.42 Å². The molecule has 20 heavy (non-hydrogen) atoms. The Morgan fingerprint density at radius 1 is 1.25 bits per heavy atom. The van der Waals surface area contributed by atoms with Crippen LogP contribution in [0.3, 0.4) is 0 Å². The van der Waals surface area contributed by atoms with Crippen LogP contribution in [0.4, 0.5) is 0 Å². The Morgan fingerprint density at radius 3 is 2.60 bits per heavy atom. The summed E-state index contributed by atoms with van der Waals surface area (Å²) in [5, 5.41) is 0.937. The summed E-state index contributed by atoms with van der Waals surface area (Å²) in [5.74, 6) is 0.0701. The van der Waals surface area contributed by atoms with Gasteiger partial charge in [0.2, 0.25) is 0 Å². The lowest BCUT2D eigenvalue weighted by atomic mass is 10.1. The molecule has 2 aromatic rings. The van der Waals surface area contributed by atoms with Crippen LogP contribution in [0.25, 0.3) is 10.9 Å². The minimum Gasteiger partial charge on any atom is -0.326 e. The van der Waals surface area contributed by atoms with Crippen molar-refractivity contribution in [3.05, 3.63) is 46.2 Å². The van der Waals surface area contributed by atoms with Gasteiger partial charge in [0.1, 0.15) is 9.84 Å². The fraction of sp³-hybridized carbons (Fsp3) is 0.357. The minimum atomic E-state index is -3.02. The van der Waals surface area contributed by atoms with E-state index in [9.17, 15) is 13.2 Å². The molecule has 2 N–H and O–H groups in total. The van der Waals surface area contributed by atoms with Gasteiger partial charge in [0, 0.05) is 24.9 Å². The van der Waals surface area contributed by atoms with E-state index in [2.05, 4.69) is 0 Å². The maximum atomic E-state index is 12.3. The lowest BCUT2D eigenvalue weighted by molar-refractivity contribution is 0.591. The van der Waals surface area contributed by atoms with Gasteiger partial charge in [-0.15, -0.1) is 0 Å². The van der Waals surface area contributed by atoms with Gasteiger partial charge in [0.15, 0.2) is 0 Å². The highest BCUT2D eigenvalue weighted by molar-refractivity contribution is 7.90. The second-order valence-electron chi connectivity index (χ2n) is 4.87. The summed E-state index contributed by atoms with van der Waals surface area (Å²) in [7, 11) is -3.02. The molecule has 0 atom stereocenters. The predicted molar refractivity (Wildman–Crippen MR) is 80.4 cm³/mol. The number of rotatable bonds is 5. The highest BCUT2D eigenvalue weighted by atomic mass is 32.2. The largest absolute Gasteiger partial charge is 0.326 e. The molecule has 5 nitrogen and oxygen atoms in total. The van der Waals surface area contributed by atoms with E-state index in [0.717, 1.165) is 10.9 Å². The van der Waals surface area contributed by atoms with Crippen LogP contribution in [-0.4, -0.2) is 25.0 Å². The molecule has 1 heterocycles. The molecule has 108 valence electrons. The lowest BCUT2D eigenvalue weighted by Gasteiger charge is -2.12. The van der Waals surface area contributed by atoms with E-state index >= 15 is 0 Å². The zero-order chi connectivity index (χ0) is 14.8. The Kier molecular flexibility index (Phi) is 4.25. The Morgan fingerprint density at radius 2 is 1.95 bits per heavy atom. The highest BCUT2D eigenvalue weighted by Crippen LogP contribution is 2.13. The molecular weight excluding hydrogens is 276 g/mol. The van der Waals surface area contributed by atoms with Crippen molar-refractivity contribution in [1.82, 2.24) is 4.57 Å². The van der Waals surface area contributed by atoms with Crippen LogP contribution in [-0.2, 0) is 22.9 Å². The number of fused-ring (bicyclic) bond motifs is 1. The van der Waals surface area contributed by atoms with Gasteiger partial charge >= 0.3 is 0 Å². The van der Waals surface area contributed by atoms with Gasteiger partial charge in [-0.05, 0) is 23.9 Å². The number of aromatic nitrogens is 1. The monoisotopic (exact) mass is 294 g/mol. The van der Waals surface area contributed by atoms with Crippen LogP contribution >= 0.6 is 0 Å². The molecule has 0 aliphatic heterocycles. The molecule has 0 aliphatic rings. The third kappa shape index (κ3) is 3.26. The van der Waals surface area contributed by atoms with Crippen LogP contribution in [0.15, 0.2) is 35.1 Å². The number of sulfone groups is 1. The first kappa shape index (κ1) is 14.7. The van der Waals surface area contributed by atoms with Crippen LogP contribution in [0, 0.1) is 0 Å². The molecule has 0 saturated heterocycles. The number of pyridine rings is 1. The zero-order valence-corrected chi connectivity index (χ0v) is 12.2. The molecule has 1 aromatic heterocycles. The molecule has 6 heteroatoms. The average molecular weight is 294 g/mol. The van der Waals surface area contributed by atoms with Crippen molar-refractivity contribution in [1.29, 1.82) is 0 Å². The molecular formula is C14H18N2O3S. The second kappa shape index (κ2) is 5.76. The van der Waals surface area contributed by atoms with Crippen molar-refractivity contribution in [3.8, 4) is 0 Å². The number of nitrogens with two attached hydrogens (primary N) is 1. The molecule has 0 spiro atoms. The first-order valence-electron chi connectivity index (χ1n) is 6.41. The summed E-state index contributed by atoms with van der Waals surface area (Å²) >= 11 is 0. The van der Waals surface area contributed by atoms with E-state index in [-0.39, 0.29) is 17.9 Å². The van der Waals surface area contributed by atoms with Crippen LogP contribution < -0.4 is 11.3 Å². The summed E-state index contributed by atoms with van der Waals surface area (Å²) in [6.45, 7) is 0.552. The summed E-state index contributed by atoms with van der Waals surface area (Å²) in [6.07, 6.45) is 1.61. The molecule has 0 amide bonds. The van der Waals surface area contributed by atoms with E-state index in [1.54, 1.807) is 10.6 Å². The first-order chi connectivity index (χ1) is 9.42. The van der Waals surface area contributed by atoms with Crippen molar-refractivity contribution >= 4 is 20.7 Å².